The van der Waals surface area contributed by atoms with Crippen molar-refractivity contribution in [1.82, 2.24) is 14.9 Å². The number of nitrogens with zero attached hydrogens (tertiary/aromatic N) is 4. The summed E-state index contributed by atoms with van der Waals surface area (Å²) in [7, 11) is 0. The van der Waals surface area contributed by atoms with Crippen molar-refractivity contribution >= 4 is 17.4 Å². The van der Waals surface area contributed by atoms with Gasteiger partial charge in [-0.15, -0.1) is 0 Å². The average molecular weight is 369 g/mol. The van der Waals surface area contributed by atoms with Crippen molar-refractivity contribution in [3.05, 3.63) is 48.2 Å². The van der Waals surface area contributed by atoms with Gasteiger partial charge in [-0.1, -0.05) is 25.0 Å². The summed E-state index contributed by atoms with van der Waals surface area (Å²) in [6, 6.07) is 7.21. The number of hydrogen-bond donors (Lipinski definition) is 1. The van der Waals surface area contributed by atoms with E-state index >= 15 is 0 Å². The highest BCUT2D eigenvalue weighted by Gasteiger charge is 2.24. The Labute approximate surface area is 158 Å². The minimum absolute atomic E-state index is 0.122. The second-order valence-corrected chi connectivity index (χ2v) is 7.14. The molecule has 4 rings (SSSR count). The molecule has 1 aliphatic carbocycles. The van der Waals surface area contributed by atoms with Crippen LogP contribution in [0.5, 0.6) is 0 Å². The zero-order chi connectivity index (χ0) is 18.6. The second kappa shape index (κ2) is 7.90. The fourth-order valence-electron chi connectivity index (χ4n) is 3.81. The van der Waals surface area contributed by atoms with Crippen LogP contribution in [0.1, 0.15) is 36.2 Å². The molecule has 7 heteroatoms. The number of para-hydroxylation sites is 1. The minimum Gasteiger partial charge on any atom is -0.366 e. The van der Waals surface area contributed by atoms with E-state index in [1.54, 1.807) is 29.4 Å². The molecule has 1 amide bonds. The van der Waals surface area contributed by atoms with Gasteiger partial charge in [-0.05, 0) is 25.0 Å². The zero-order valence-corrected chi connectivity index (χ0v) is 15.3. The monoisotopic (exact) mass is 369 g/mol. The van der Waals surface area contributed by atoms with Crippen molar-refractivity contribution in [3.63, 3.8) is 0 Å². The summed E-state index contributed by atoms with van der Waals surface area (Å²) in [4.78, 5) is 25.1. The Morgan fingerprint density at radius 2 is 1.78 bits per heavy atom. The highest BCUT2D eigenvalue weighted by Crippen LogP contribution is 2.22. The highest BCUT2D eigenvalue weighted by atomic mass is 19.1. The van der Waals surface area contributed by atoms with E-state index in [0.29, 0.717) is 43.6 Å². The lowest BCUT2D eigenvalue weighted by Crippen LogP contribution is -2.49. The molecule has 1 aliphatic heterocycles. The van der Waals surface area contributed by atoms with Gasteiger partial charge in [0, 0.05) is 32.2 Å². The van der Waals surface area contributed by atoms with E-state index < -0.39 is 0 Å². The molecule has 1 saturated carbocycles. The molecule has 0 unspecified atom stereocenters. The normalized spacial score (nSPS) is 18.0. The number of carbonyl (C=O) groups excluding carboxylic acids is 1. The van der Waals surface area contributed by atoms with E-state index in [1.807, 2.05) is 11.0 Å². The Bertz CT molecular complexity index is 783. The molecule has 2 heterocycles. The lowest BCUT2D eigenvalue weighted by Gasteiger charge is -2.36. The summed E-state index contributed by atoms with van der Waals surface area (Å²) in [6.45, 7) is 2.27. The number of piperazine rings is 1. The van der Waals surface area contributed by atoms with Gasteiger partial charge < -0.3 is 15.1 Å². The van der Waals surface area contributed by atoms with Gasteiger partial charge >= 0.3 is 0 Å². The molecule has 0 spiro atoms. The summed E-state index contributed by atoms with van der Waals surface area (Å²) < 4.78 is 13.9. The Hall–Kier alpha value is -2.70. The smallest absolute Gasteiger partial charge is 0.274 e. The van der Waals surface area contributed by atoms with Crippen molar-refractivity contribution in [3.8, 4) is 0 Å². The van der Waals surface area contributed by atoms with Crippen molar-refractivity contribution < 1.29 is 9.18 Å². The average Bonchev–Trinajstić information content (AvgIpc) is 3.22. The molecule has 6 nitrogen and oxygen atoms in total. The second-order valence-electron chi connectivity index (χ2n) is 7.14. The number of halogens is 1. The van der Waals surface area contributed by atoms with Gasteiger partial charge in [0.25, 0.3) is 5.91 Å². The maximum atomic E-state index is 13.9. The van der Waals surface area contributed by atoms with Gasteiger partial charge in [0.05, 0.1) is 18.1 Å². The predicted molar refractivity (Wildman–Crippen MR) is 102 cm³/mol. The molecule has 1 N–H and O–H groups in total. The number of nitrogens with one attached hydrogen (secondary N) is 1. The van der Waals surface area contributed by atoms with Crippen LogP contribution in [0, 0.1) is 5.82 Å². The van der Waals surface area contributed by atoms with E-state index in [4.69, 9.17) is 0 Å². The SMILES string of the molecule is O=C(c1cnc(NC2CCCC2)cn1)N1CCN(c2ccccc2F)CC1. The molecule has 27 heavy (non-hydrogen) atoms. The van der Waals surface area contributed by atoms with Crippen LogP contribution in [0.3, 0.4) is 0 Å². The van der Waals surface area contributed by atoms with Crippen LogP contribution in [0.2, 0.25) is 0 Å². The van der Waals surface area contributed by atoms with Gasteiger partial charge in [-0.3, -0.25) is 4.79 Å². The number of carbonyl (C=O) groups is 1. The van der Waals surface area contributed by atoms with E-state index in [9.17, 15) is 9.18 Å². The third kappa shape index (κ3) is 4.02. The third-order valence-corrected chi connectivity index (χ3v) is 5.34. The molecule has 2 fully saturated rings. The number of hydrogen-bond acceptors (Lipinski definition) is 5. The highest BCUT2D eigenvalue weighted by molar-refractivity contribution is 5.92. The quantitative estimate of drug-likeness (QED) is 0.898. The first-order valence-corrected chi connectivity index (χ1v) is 9.58. The topological polar surface area (TPSA) is 61.4 Å². The van der Waals surface area contributed by atoms with Gasteiger partial charge in [0.2, 0.25) is 0 Å². The van der Waals surface area contributed by atoms with Gasteiger partial charge in [-0.25, -0.2) is 14.4 Å². The third-order valence-electron chi connectivity index (χ3n) is 5.34. The zero-order valence-electron chi connectivity index (χ0n) is 15.3. The van der Waals surface area contributed by atoms with E-state index in [2.05, 4.69) is 15.3 Å². The minimum atomic E-state index is -0.228. The van der Waals surface area contributed by atoms with E-state index in [-0.39, 0.29) is 11.7 Å². The molecular weight excluding hydrogens is 345 g/mol. The molecule has 2 aliphatic rings. The molecule has 0 bridgehead atoms. The summed E-state index contributed by atoms with van der Waals surface area (Å²) in [5.74, 6) is 0.374. The van der Waals surface area contributed by atoms with Crippen LogP contribution in [0.4, 0.5) is 15.9 Å². The van der Waals surface area contributed by atoms with Crippen LogP contribution >= 0.6 is 0 Å². The predicted octanol–water partition coefficient (Wildman–Crippen LogP) is 2.93. The first-order chi connectivity index (χ1) is 13.2. The molecule has 0 atom stereocenters. The fourth-order valence-corrected chi connectivity index (χ4v) is 3.81. The molecule has 1 aromatic carbocycles. The van der Waals surface area contributed by atoms with E-state index in [1.165, 1.54) is 18.9 Å². The van der Waals surface area contributed by atoms with Gasteiger partial charge in [0.1, 0.15) is 17.3 Å². The Kier molecular flexibility index (Phi) is 5.18. The van der Waals surface area contributed by atoms with Crippen LogP contribution in [-0.4, -0.2) is 53.0 Å². The molecule has 142 valence electrons. The van der Waals surface area contributed by atoms with Crippen LogP contribution in [0.25, 0.3) is 0 Å². The lowest BCUT2D eigenvalue weighted by atomic mass is 10.2. The van der Waals surface area contributed by atoms with Crippen LogP contribution in [-0.2, 0) is 0 Å². The Morgan fingerprint density at radius 1 is 1.04 bits per heavy atom. The van der Waals surface area contributed by atoms with Crippen molar-refractivity contribution in [2.75, 3.05) is 36.4 Å². The van der Waals surface area contributed by atoms with Crippen LogP contribution < -0.4 is 10.2 Å². The first-order valence-electron chi connectivity index (χ1n) is 9.58. The molecule has 1 saturated heterocycles. The Balaban J connectivity index is 1.34. The van der Waals surface area contributed by atoms with Crippen molar-refractivity contribution in [2.24, 2.45) is 0 Å². The fraction of sp³-hybridized carbons (Fsp3) is 0.450. The van der Waals surface area contributed by atoms with Crippen molar-refractivity contribution in [1.29, 1.82) is 0 Å². The molecule has 0 radical (unpaired) electrons. The summed E-state index contributed by atoms with van der Waals surface area (Å²) in [5.41, 5.74) is 0.943. The lowest BCUT2D eigenvalue weighted by molar-refractivity contribution is 0.0740. The Morgan fingerprint density at radius 3 is 2.44 bits per heavy atom. The summed E-state index contributed by atoms with van der Waals surface area (Å²) in [5, 5.41) is 3.38. The van der Waals surface area contributed by atoms with Crippen molar-refractivity contribution in [2.45, 2.75) is 31.7 Å². The number of amides is 1. The first kappa shape index (κ1) is 17.7. The maximum Gasteiger partial charge on any atom is 0.274 e. The summed E-state index contributed by atoms with van der Waals surface area (Å²) in [6.07, 6.45) is 8.01. The maximum absolute atomic E-state index is 13.9. The largest absolute Gasteiger partial charge is 0.366 e. The summed E-state index contributed by atoms with van der Waals surface area (Å²) >= 11 is 0. The standard InChI is InChI=1S/C20H24FN5O/c21-16-7-3-4-8-18(16)25-9-11-26(12-10-25)20(27)17-13-23-19(14-22-17)24-15-5-1-2-6-15/h3-4,7-8,13-15H,1-2,5-6,9-12H2,(H,23,24). The van der Waals surface area contributed by atoms with Gasteiger partial charge in [-0.2, -0.15) is 0 Å². The number of benzene rings is 1. The molecular formula is C20H24FN5O. The number of rotatable bonds is 4. The van der Waals surface area contributed by atoms with Crippen LogP contribution in [0.15, 0.2) is 36.7 Å². The van der Waals surface area contributed by atoms with Gasteiger partial charge in [0.15, 0.2) is 0 Å². The van der Waals surface area contributed by atoms with E-state index in [0.717, 1.165) is 18.7 Å². The number of anilines is 2. The molecule has 1 aromatic heterocycles. The number of aromatic nitrogens is 2. The molecule has 2 aromatic rings.